The van der Waals surface area contributed by atoms with E-state index in [1.54, 1.807) is 0 Å². The van der Waals surface area contributed by atoms with Crippen LogP contribution >= 0.6 is 0 Å². The number of nitrogens with zero attached hydrogens (tertiary/aromatic N) is 1. The van der Waals surface area contributed by atoms with Crippen LogP contribution in [0.1, 0.15) is 37.3 Å². The lowest BCUT2D eigenvalue weighted by Gasteiger charge is -2.33. The van der Waals surface area contributed by atoms with E-state index in [1.165, 1.54) is 31.2 Å². The van der Waals surface area contributed by atoms with Gasteiger partial charge in [0.15, 0.2) is 0 Å². The average molecular weight is 288 g/mol. The smallest absolute Gasteiger partial charge is 0.0506 e. The van der Waals surface area contributed by atoms with Crippen molar-refractivity contribution >= 4 is 0 Å². The van der Waals surface area contributed by atoms with E-state index in [-0.39, 0.29) is 0 Å². The Hall–Kier alpha value is -0.900. The first-order chi connectivity index (χ1) is 10.3. The minimum Gasteiger partial charge on any atom is -0.381 e. The van der Waals surface area contributed by atoms with Crippen molar-refractivity contribution in [3.05, 3.63) is 35.9 Å². The van der Waals surface area contributed by atoms with Crippen LogP contribution in [0.25, 0.3) is 0 Å². The summed E-state index contributed by atoms with van der Waals surface area (Å²) < 4.78 is 5.63. The topological polar surface area (TPSA) is 24.5 Å². The standard InChI is InChI=1S/C18H28N2O/c1-20(13-15-6-5-11-21-14-15)18(12-19-17-9-10-17)16-7-3-2-4-8-16/h2-4,7-8,15,17-19H,5-6,9-14H2,1H3. The number of ether oxygens (including phenoxy) is 1. The van der Waals surface area contributed by atoms with E-state index in [0.717, 1.165) is 32.3 Å². The zero-order valence-corrected chi connectivity index (χ0v) is 13.1. The van der Waals surface area contributed by atoms with Gasteiger partial charge < -0.3 is 10.1 Å². The zero-order chi connectivity index (χ0) is 14.5. The quantitative estimate of drug-likeness (QED) is 0.835. The number of hydrogen-bond donors (Lipinski definition) is 1. The molecule has 1 aromatic rings. The molecule has 2 unspecified atom stereocenters. The van der Waals surface area contributed by atoms with E-state index in [1.807, 2.05) is 0 Å². The number of hydrogen-bond acceptors (Lipinski definition) is 3. The van der Waals surface area contributed by atoms with Gasteiger partial charge in [-0.2, -0.15) is 0 Å². The minimum atomic E-state index is 0.466. The summed E-state index contributed by atoms with van der Waals surface area (Å²) in [6.07, 6.45) is 5.22. The highest BCUT2D eigenvalue weighted by Gasteiger charge is 2.25. The molecule has 3 nitrogen and oxygen atoms in total. The molecule has 1 heterocycles. The monoisotopic (exact) mass is 288 g/mol. The van der Waals surface area contributed by atoms with E-state index >= 15 is 0 Å². The van der Waals surface area contributed by atoms with Crippen molar-refractivity contribution in [1.82, 2.24) is 10.2 Å². The summed E-state index contributed by atoms with van der Waals surface area (Å²) in [7, 11) is 2.26. The second kappa shape index (κ2) is 7.39. The van der Waals surface area contributed by atoms with Crippen LogP contribution in [0.15, 0.2) is 30.3 Å². The molecular formula is C18H28N2O. The molecule has 1 saturated heterocycles. The molecule has 116 valence electrons. The van der Waals surface area contributed by atoms with Crippen molar-refractivity contribution in [3.63, 3.8) is 0 Å². The molecule has 2 aliphatic rings. The Labute approximate surface area is 128 Å². The van der Waals surface area contributed by atoms with Gasteiger partial charge in [-0.15, -0.1) is 0 Å². The third-order valence-electron chi connectivity index (χ3n) is 4.69. The van der Waals surface area contributed by atoms with Gasteiger partial charge in [-0.1, -0.05) is 30.3 Å². The highest BCUT2D eigenvalue weighted by molar-refractivity contribution is 5.19. The van der Waals surface area contributed by atoms with Crippen molar-refractivity contribution in [2.75, 3.05) is 33.4 Å². The Balaban J connectivity index is 1.61. The summed E-state index contributed by atoms with van der Waals surface area (Å²) in [5.41, 5.74) is 1.42. The van der Waals surface area contributed by atoms with Gasteiger partial charge in [-0.05, 0) is 44.2 Å². The second-order valence-electron chi connectivity index (χ2n) is 6.63. The van der Waals surface area contributed by atoms with E-state index in [0.29, 0.717) is 12.0 Å². The summed E-state index contributed by atoms with van der Waals surface area (Å²) >= 11 is 0. The fourth-order valence-electron chi connectivity index (χ4n) is 3.26. The number of likely N-dealkylation sites (N-methyl/N-ethyl adjacent to an activating group) is 1. The van der Waals surface area contributed by atoms with Crippen molar-refractivity contribution < 1.29 is 4.74 Å². The molecule has 1 N–H and O–H groups in total. The average Bonchev–Trinajstić information content (AvgIpc) is 3.34. The second-order valence-corrected chi connectivity index (χ2v) is 6.63. The van der Waals surface area contributed by atoms with E-state index in [2.05, 4.69) is 47.6 Å². The van der Waals surface area contributed by atoms with Gasteiger partial charge in [0.1, 0.15) is 0 Å². The third kappa shape index (κ3) is 4.53. The number of benzene rings is 1. The first kappa shape index (κ1) is 15.0. The maximum atomic E-state index is 5.63. The van der Waals surface area contributed by atoms with Crippen molar-refractivity contribution in [3.8, 4) is 0 Å². The fraction of sp³-hybridized carbons (Fsp3) is 0.667. The molecule has 2 fully saturated rings. The molecule has 0 spiro atoms. The van der Waals surface area contributed by atoms with Crippen molar-refractivity contribution in [2.24, 2.45) is 5.92 Å². The minimum absolute atomic E-state index is 0.466. The van der Waals surface area contributed by atoms with E-state index < -0.39 is 0 Å². The van der Waals surface area contributed by atoms with Gasteiger partial charge in [0.25, 0.3) is 0 Å². The van der Waals surface area contributed by atoms with Crippen LogP contribution in [0.5, 0.6) is 0 Å². The maximum absolute atomic E-state index is 5.63. The lowest BCUT2D eigenvalue weighted by Crippen LogP contribution is -2.38. The zero-order valence-electron chi connectivity index (χ0n) is 13.1. The third-order valence-corrected chi connectivity index (χ3v) is 4.69. The Kier molecular flexibility index (Phi) is 5.28. The van der Waals surface area contributed by atoms with Crippen LogP contribution in [0.2, 0.25) is 0 Å². The number of nitrogens with one attached hydrogen (secondary N) is 1. The van der Waals surface area contributed by atoms with E-state index in [9.17, 15) is 0 Å². The largest absolute Gasteiger partial charge is 0.381 e. The Morgan fingerprint density at radius 1 is 1.24 bits per heavy atom. The highest BCUT2D eigenvalue weighted by Crippen LogP contribution is 2.25. The molecule has 21 heavy (non-hydrogen) atoms. The van der Waals surface area contributed by atoms with Gasteiger partial charge in [-0.25, -0.2) is 0 Å². The molecule has 0 amide bonds. The summed E-state index contributed by atoms with van der Waals surface area (Å²) in [4.78, 5) is 2.52. The molecule has 1 aliphatic heterocycles. The molecule has 2 atom stereocenters. The SMILES string of the molecule is CN(CC1CCCOC1)C(CNC1CC1)c1ccccc1. The van der Waals surface area contributed by atoms with Gasteiger partial charge in [0.05, 0.1) is 6.61 Å². The van der Waals surface area contributed by atoms with Crippen molar-refractivity contribution in [2.45, 2.75) is 37.8 Å². The van der Waals surface area contributed by atoms with Crippen molar-refractivity contribution in [1.29, 1.82) is 0 Å². The first-order valence-electron chi connectivity index (χ1n) is 8.39. The molecular weight excluding hydrogens is 260 g/mol. The normalized spacial score (nSPS) is 24.2. The van der Waals surface area contributed by atoms with Crippen LogP contribution in [-0.2, 0) is 4.74 Å². The predicted molar refractivity (Wildman–Crippen MR) is 86.4 cm³/mol. The number of rotatable bonds is 7. The maximum Gasteiger partial charge on any atom is 0.0506 e. The molecule has 0 aromatic heterocycles. The van der Waals surface area contributed by atoms with E-state index in [4.69, 9.17) is 4.74 Å². The van der Waals surface area contributed by atoms with Crippen LogP contribution in [0.3, 0.4) is 0 Å². The lowest BCUT2D eigenvalue weighted by atomic mass is 9.99. The molecule has 3 heteroatoms. The molecule has 0 radical (unpaired) electrons. The van der Waals surface area contributed by atoms with Crippen LogP contribution < -0.4 is 5.32 Å². The van der Waals surface area contributed by atoms with Crippen LogP contribution in [-0.4, -0.2) is 44.3 Å². The summed E-state index contributed by atoms with van der Waals surface area (Å²) in [5, 5.41) is 3.70. The summed E-state index contributed by atoms with van der Waals surface area (Å²) in [5.74, 6) is 0.691. The highest BCUT2D eigenvalue weighted by atomic mass is 16.5. The Morgan fingerprint density at radius 2 is 2.05 bits per heavy atom. The molecule has 1 aromatic carbocycles. The molecule has 3 rings (SSSR count). The van der Waals surface area contributed by atoms with Crippen LogP contribution in [0.4, 0.5) is 0 Å². The Morgan fingerprint density at radius 3 is 2.71 bits per heavy atom. The van der Waals surface area contributed by atoms with Gasteiger partial charge in [0.2, 0.25) is 0 Å². The van der Waals surface area contributed by atoms with Gasteiger partial charge in [0, 0.05) is 31.8 Å². The van der Waals surface area contributed by atoms with Crippen LogP contribution in [0, 0.1) is 5.92 Å². The predicted octanol–water partition coefficient (Wildman–Crippen LogP) is 2.84. The summed E-state index contributed by atoms with van der Waals surface area (Å²) in [6.45, 7) is 4.07. The molecule has 0 bridgehead atoms. The summed E-state index contributed by atoms with van der Waals surface area (Å²) in [6, 6.07) is 12.1. The molecule has 1 aliphatic carbocycles. The van der Waals surface area contributed by atoms with Gasteiger partial charge >= 0.3 is 0 Å². The molecule has 1 saturated carbocycles. The lowest BCUT2D eigenvalue weighted by molar-refractivity contribution is 0.0359. The fourth-order valence-corrected chi connectivity index (χ4v) is 3.26. The Bertz CT molecular complexity index is 412. The van der Waals surface area contributed by atoms with Gasteiger partial charge in [-0.3, -0.25) is 4.90 Å². The first-order valence-corrected chi connectivity index (χ1v) is 8.39.